The summed E-state index contributed by atoms with van der Waals surface area (Å²) in [4.78, 5) is 12.3. The number of nitrogens with zero attached hydrogens (tertiary/aromatic N) is 3. The van der Waals surface area contributed by atoms with Crippen molar-refractivity contribution in [3.05, 3.63) is 223 Å². The van der Waals surface area contributed by atoms with E-state index in [4.69, 9.17) is 0 Å². The van der Waals surface area contributed by atoms with Gasteiger partial charge in [-0.3, -0.25) is 0 Å². The number of benzene rings is 9. The van der Waals surface area contributed by atoms with Crippen molar-refractivity contribution >= 4 is 74.7 Å². The summed E-state index contributed by atoms with van der Waals surface area (Å²) in [5.74, 6) is 0. The van der Waals surface area contributed by atoms with E-state index in [9.17, 15) is 0 Å². The van der Waals surface area contributed by atoms with Gasteiger partial charge in [-0.05, 0) is 143 Å². The molecule has 3 aliphatic heterocycles. The summed E-state index contributed by atoms with van der Waals surface area (Å²) in [6.07, 6.45) is 0. The van der Waals surface area contributed by atoms with Gasteiger partial charge in [0, 0.05) is 42.1 Å². The maximum absolute atomic E-state index is 2.46. The summed E-state index contributed by atoms with van der Waals surface area (Å²) in [5.41, 5.74) is 17.9. The molecule has 12 rings (SSSR count). The summed E-state index contributed by atoms with van der Waals surface area (Å²) in [6, 6.07) is 77.9. The average molecular weight is 832 g/mol. The number of para-hydroxylation sites is 5. The molecule has 0 saturated heterocycles. The molecular weight excluding hydrogens is 791 g/mol. The standard InChI is InChI=1S/C57H41N3S2/c1-57(2)45-34-38(40-28-32-51-55(36-40)61-53-24-14-12-22-49(53)59(51)43-18-8-4-9-19-43)26-30-47(45)58(42-16-6-3-7-17-42)48-31-27-39(35-46(48)57)41-29-33-52-56(37-41)62-54-25-15-13-23-50(54)60(52)44-20-10-5-11-21-44/h3-37H,1-2H3. The van der Waals surface area contributed by atoms with Crippen LogP contribution in [0, 0.1) is 0 Å². The lowest BCUT2D eigenvalue weighted by molar-refractivity contribution is 0.632. The molecule has 0 radical (unpaired) electrons. The third-order valence-corrected chi connectivity index (χ3v) is 14.8. The van der Waals surface area contributed by atoms with Crippen molar-refractivity contribution in [1.29, 1.82) is 0 Å². The summed E-state index contributed by atoms with van der Waals surface area (Å²) >= 11 is 3.71. The molecule has 0 aliphatic carbocycles. The molecule has 9 aromatic rings. The van der Waals surface area contributed by atoms with Gasteiger partial charge >= 0.3 is 0 Å². The Kier molecular flexibility index (Phi) is 8.70. The second kappa shape index (κ2) is 14.6. The second-order valence-electron chi connectivity index (χ2n) is 16.6. The molecule has 0 atom stereocenters. The highest BCUT2D eigenvalue weighted by molar-refractivity contribution is 8.00. The molecule has 0 aromatic heterocycles. The number of anilines is 9. The fraction of sp³-hybridized carbons (Fsp3) is 0.0526. The molecule has 62 heavy (non-hydrogen) atoms. The van der Waals surface area contributed by atoms with Crippen LogP contribution in [0.1, 0.15) is 25.0 Å². The Morgan fingerprint density at radius 2 is 0.597 bits per heavy atom. The lowest BCUT2D eigenvalue weighted by atomic mass is 9.72. The molecule has 0 unspecified atom stereocenters. The molecule has 0 saturated carbocycles. The van der Waals surface area contributed by atoms with Gasteiger partial charge in [0.1, 0.15) is 0 Å². The van der Waals surface area contributed by atoms with Gasteiger partial charge in [0.2, 0.25) is 0 Å². The second-order valence-corrected chi connectivity index (χ2v) is 18.8. The van der Waals surface area contributed by atoms with Crippen LogP contribution in [0.2, 0.25) is 0 Å². The van der Waals surface area contributed by atoms with E-state index in [-0.39, 0.29) is 5.41 Å². The lowest BCUT2D eigenvalue weighted by Crippen LogP contribution is -2.30. The predicted octanol–water partition coefficient (Wildman–Crippen LogP) is 17.0. The first kappa shape index (κ1) is 36.9. The van der Waals surface area contributed by atoms with Crippen molar-refractivity contribution in [3.8, 4) is 22.3 Å². The third-order valence-electron chi connectivity index (χ3n) is 12.6. The highest BCUT2D eigenvalue weighted by Gasteiger charge is 2.38. The Bertz CT molecular complexity index is 2990. The largest absolute Gasteiger partial charge is 0.310 e. The molecule has 5 heteroatoms. The van der Waals surface area contributed by atoms with Gasteiger partial charge in [-0.25, -0.2) is 0 Å². The molecule has 9 aromatic carbocycles. The molecular formula is C57H41N3S2. The summed E-state index contributed by atoms with van der Waals surface area (Å²) in [5, 5.41) is 0. The van der Waals surface area contributed by atoms with Crippen LogP contribution >= 0.6 is 23.5 Å². The average Bonchev–Trinajstić information content (AvgIpc) is 3.33. The van der Waals surface area contributed by atoms with E-state index in [2.05, 4.69) is 241 Å². The SMILES string of the molecule is CC1(C)c2cc(-c3ccc4c(c3)Sc3ccccc3N4c3ccccc3)ccc2N(c2ccccc2)c2ccc(-c3ccc4c(c3)Sc3ccccc3N4c3ccccc3)cc21. The van der Waals surface area contributed by atoms with Gasteiger partial charge in [0.15, 0.2) is 0 Å². The maximum atomic E-state index is 2.46. The molecule has 0 amide bonds. The van der Waals surface area contributed by atoms with Crippen LogP contribution in [0.4, 0.5) is 51.2 Å². The highest BCUT2D eigenvalue weighted by atomic mass is 32.2. The number of fused-ring (bicyclic) bond motifs is 6. The zero-order valence-corrected chi connectivity index (χ0v) is 36.0. The first-order valence-electron chi connectivity index (χ1n) is 21.2. The fourth-order valence-electron chi connectivity index (χ4n) is 9.54. The van der Waals surface area contributed by atoms with Crippen molar-refractivity contribution in [2.45, 2.75) is 38.8 Å². The first-order valence-corrected chi connectivity index (χ1v) is 22.8. The van der Waals surface area contributed by atoms with Crippen molar-refractivity contribution in [2.75, 3.05) is 14.7 Å². The van der Waals surface area contributed by atoms with Crippen molar-refractivity contribution in [1.82, 2.24) is 0 Å². The topological polar surface area (TPSA) is 9.72 Å². The predicted molar refractivity (Wildman–Crippen MR) is 262 cm³/mol. The molecule has 296 valence electrons. The monoisotopic (exact) mass is 831 g/mol. The van der Waals surface area contributed by atoms with Crippen LogP contribution in [0.25, 0.3) is 22.3 Å². The molecule has 3 nitrogen and oxygen atoms in total. The Labute approximate surface area is 371 Å². The quantitative estimate of drug-likeness (QED) is 0.170. The Morgan fingerprint density at radius 1 is 0.290 bits per heavy atom. The highest BCUT2D eigenvalue weighted by Crippen LogP contribution is 2.56. The Balaban J connectivity index is 0.958. The Morgan fingerprint density at radius 3 is 1.00 bits per heavy atom. The molecule has 3 aliphatic rings. The molecule has 0 fully saturated rings. The van der Waals surface area contributed by atoms with Crippen LogP contribution in [0.5, 0.6) is 0 Å². The zero-order valence-electron chi connectivity index (χ0n) is 34.4. The first-order chi connectivity index (χ1) is 30.5. The summed E-state index contributed by atoms with van der Waals surface area (Å²) < 4.78 is 0. The van der Waals surface area contributed by atoms with Crippen molar-refractivity contribution in [2.24, 2.45) is 0 Å². The van der Waals surface area contributed by atoms with Gasteiger partial charge in [0.05, 0.1) is 34.1 Å². The minimum Gasteiger partial charge on any atom is -0.310 e. The third kappa shape index (κ3) is 5.99. The van der Waals surface area contributed by atoms with Gasteiger partial charge in [-0.2, -0.15) is 0 Å². The number of hydrogen-bond donors (Lipinski definition) is 0. The number of hydrogen-bond acceptors (Lipinski definition) is 5. The smallest absolute Gasteiger partial charge is 0.0602 e. The lowest BCUT2D eigenvalue weighted by Gasteiger charge is -2.42. The summed E-state index contributed by atoms with van der Waals surface area (Å²) in [6.45, 7) is 4.80. The van der Waals surface area contributed by atoms with Gasteiger partial charge < -0.3 is 14.7 Å². The van der Waals surface area contributed by atoms with Crippen LogP contribution in [-0.4, -0.2) is 0 Å². The van der Waals surface area contributed by atoms with E-state index >= 15 is 0 Å². The van der Waals surface area contributed by atoms with E-state index in [1.165, 1.54) is 87.1 Å². The minimum atomic E-state index is -0.292. The van der Waals surface area contributed by atoms with Crippen LogP contribution in [-0.2, 0) is 5.41 Å². The van der Waals surface area contributed by atoms with E-state index in [0.717, 1.165) is 17.1 Å². The van der Waals surface area contributed by atoms with E-state index < -0.39 is 0 Å². The van der Waals surface area contributed by atoms with Gasteiger partial charge in [-0.1, -0.05) is 140 Å². The molecule has 0 N–H and O–H groups in total. The van der Waals surface area contributed by atoms with E-state index in [1.807, 2.05) is 23.5 Å². The zero-order chi connectivity index (χ0) is 41.4. The van der Waals surface area contributed by atoms with Crippen LogP contribution in [0.3, 0.4) is 0 Å². The maximum Gasteiger partial charge on any atom is 0.0602 e. The Hall–Kier alpha value is -6.92. The van der Waals surface area contributed by atoms with Crippen molar-refractivity contribution in [3.63, 3.8) is 0 Å². The summed E-state index contributed by atoms with van der Waals surface area (Å²) in [7, 11) is 0. The molecule has 0 spiro atoms. The van der Waals surface area contributed by atoms with Crippen LogP contribution in [0.15, 0.2) is 232 Å². The van der Waals surface area contributed by atoms with Gasteiger partial charge in [0.25, 0.3) is 0 Å². The molecule has 3 heterocycles. The van der Waals surface area contributed by atoms with Gasteiger partial charge in [-0.15, -0.1) is 0 Å². The minimum absolute atomic E-state index is 0.292. The van der Waals surface area contributed by atoms with Crippen LogP contribution < -0.4 is 14.7 Å². The number of rotatable bonds is 5. The fourth-order valence-corrected chi connectivity index (χ4v) is 11.7. The van der Waals surface area contributed by atoms with E-state index in [1.54, 1.807) is 0 Å². The normalized spacial score (nSPS) is 14.2. The van der Waals surface area contributed by atoms with E-state index in [0.29, 0.717) is 0 Å². The van der Waals surface area contributed by atoms with Crippen molar-refractivity contribution < 1.29 is 0 Å². The molecule has 0 bridgehead atoms.